The van der Waals surface area contributed by atoms with Gasteiger partial charge in [-0.3, -0.25) is 14.4 Å². The molecule has 2 aromatic rings. The highest BCUT2D eigenvalue weighted by Crippen LogP contribution is 2.54. The smallest absolute Gasteiger partial charge is 0.240 e. The Bertz CT molecular complexity index is 1080. The predicted molar refractivity (Wildman–Crippen MR) is 114 cm³/mol. The van der Waals surface area contributed by atoms with Gasteiger partial charge in [0.25, 0.3) is 0 Å². The first-order chi connectivity index (χ1) is 14.3. The molecule has 2 amide bonds. The van der Waals surface area contributed by atoms with Gasteiger partial charge < -0.3 is 4.90 Å². The van der Waals surface area contributed by atoms with E-state index < -0.39 is 23.3 Å². The summed E-state index contributed by atoms with van der Waals surface area (Å²) < 4.78 is 0. The van der Waals surface area contributed by atoms with Crippen molar-refractivity contribution in [3.8, 4) is 0 Å². The molecule has 0 radical (unpaired) electrons. The second-order valence-electron chi connectivity index (χ2n) is 9.29. The molecule has 0 aromatic heterocycles. The van der Waals surface area contributed by atoms with Crippen LogP contribution in [-0.4, -0.2) is 28.5 Å². The summed E-state index contributed by atoms with van der Waals surface area (Å²) in [5, 5.41) is 0. The summed E-state index contributed by atoms with van der Waals surface area (Å²) >= 11 is 0. The van der Waals surface area contributed by atoms with E-state index in [0.717, 1.165) is 11.1 Å². The quantitative estimate of drug-likeness (QED) is 0.719. The summed E-state index contributed by atoms with van der Waals surface area (Å²) in [5.74, 6) is -1.79. The van der Waals surface area contributed by atoms with Crippen LogP contribution >= 0.6 is 0 Å². The van der Waals surface area contributed by atoms with Crippen LogP contribution in [0.3, 0.4) is 0 Å². The van der Waals surface area contributed by atoms with E-state index >= 15 is 0 Å². The standard InChI is InChI=1S/C25H24N2O3/c1-25(2,3)22(28)21-19-18(20-17-12-8-7-9-15(17)13-14-26(20)21)23(29)27(24(19)30)16-10-5-4-6-11-16/h4-14,18-21H,1-3H3. The number of amides is 2. The highest BCUT2D eigenvalue weighted by Gasteiger charge is 2.65. The monoisotopic (exact) mass is 400 g/mol. The Morgan fingerprint density at radius 1 is 0.867 bits per heavy atom. The first-order valence-electron chi connectivity index (χ1n) is 10.3. The lowest BCUT2D eigenvalue weighted by atomic mass is 9.79. The molecule has 30 heavy (non-hydrogen) atoms. The van der Waals surface area contributed by atoms with E-state index in [-0.39, 0.29) is 23.6 Å². The number of hydrogen-bond acceptors (Lipinski definition) is 4. The molecule has 4 atom stereocenters. The van der Waals surface area contributed by atoms with E-state index in [1.807, 2.05) is 80.4 Å². The minimum absolute atomic E-state index is 0.0138. The van der Waals surface area contributed by atoms with Crippen molar-refractivity contribution in [2.45, 2.75) is 32.9 Å². The lowest BCUT2D eigenvalue weighted by Gasteiger charge is -2.37. The zero-order valence-electron chi connectivity index (χ0n) is 17.3. The van der Waals surface area contributed by atoms with Gasteiger partial charge in [0.2, 0.25) is 11.8 Å². The Morgan fingerprint density at radius 3 is 2.20 bits per heavy atom. The first-order valence-corrected chi connectivity index (χ1v) is 10.3. The maximum atomic E-state index is 13.6. The Labute approximate surface area is 176 Å². The fourth-order valence-corrected chi connectivity index (χ4v) is 5.13. The van der Waals surface area contributed by atoms with Gasteiger partial charge >= 0.3 is 0 Å². The minimum atomic E-state index is -0.690. The van der Waals surface area contributed by atoms with Gasteiger partial charge in [-0.2, -0.15) is 0 Å². The van der Waals surface area contributed by atoms with Crippen molar-refractivity contribution in [3.63, 3.8) is 0 Å². The number of fused-ring (bicyclic) bond motifs is 5. The SMILES string of the molecule is CC(C)(C)C(=O)C1C2C(=O)N(c3ccccc3)C(=O)C2C2c3ccccc3C=CN12. The normalized spacial score (nSPS) is 27.2. The lowest BCUT2D eigenvalue weighted by molar-refractivity contribution is -0.135. The molecule has 0 spiro atoms. The number of ketones is 1. The Hall–Kier alpha value is -3.21. The fourth-order valence-electron chi connectivity index (χ4n) is 5.13. The van der Waals surface area contributed by atoms with Crippen LogP contribution < -0.4 is 4.90 Å². The number of benzene rings is 2. The average molecular weight is 400 g/mol. The number of nitrogens with zero attached hydrogens (tertiary/aromatic N) is 2. The number of imide groups is 1. The number of para-hydroxylation sites is 1. The molecular weight excluding hydrogens is 376 g/mol. The molecule has 2 saturated heterocycles. The van der Waals surface area contributed by atoms with Crippen molar-refractivity contribution in [1.29, 1.82) is 0 Å². The maximum absolute atomic E-state index is 13.6. The number of hydrogen-bond donors (Lipinski definition) is 0. The summed E-state index contributed by atoms with van der Waals surface area (Å²) in [6, 6.07) is 15.9. The summed E-state index contributed by atoms with van der Waals surface area (Å²) in [7, 11) is 0. The molecule has 0 N–H and O–H groups in total. The van der Waals surface area contributed by atoms with Crippen LogP contribution in [-0.2, 0) is 14.4 Å². The van der Waals surface area contributed by atoms with Crippen molar-refractivity contribution >= 4 is 29.4 Å². The number of Topliss-reactive ketones (excluding diaryl/α,β-unsaturated/α-hetero) is 1. The van der Waals surface area contributed by atoms with Gasteiger partial charge in [-0.15, -0.1) is 0 Å². The van der Waals surface area contributed by atoms with Gasteiger partial charge in [-0.05, 0) is 29.3 Å². The van der Waals surface area contributed by atoms with Crippen LogP contribution in [0.15, 0.2) is 60.8 Å². The van der Waals surface area contributed by atoms with E-state index in [1.54, 1.807) is 12.1 Å². The van der Waals surface area contributed by atoms with Crippen molar-refractivity contribution in [1.82, 2.24) is 4.90 Å². The van der Waals surface area contributed by atoms with Crippen LogP contribution in [0.4, 0.5) is 5.69 Å². The second kappa shape index (κ2) is 6.39. The zero-order chi connectivity index (χ0) is 21.2. The molecule has 4 unspecified atom stereocenters. The third-order valence-corrected chi connectivity index (χ3v) is 6.48. The van der Waals surface area contributed by atoms with Gasteiger partial charge in [-0.25, -0.2) is 4.90 Å². The molecule has 0 bridgehead atoms. The molecule has 5 rings (SSSR count). The lowest BCUT2D eigenvalue weighted by Crippen LogP contribution is -2.47. The van der Waals surface area contributed by atoms with Gasteiger partial charge in [0.1, 0.15) is 6.04 Å². The maximum Gasteiger partial charge on any atom is 0.240 e. The Morgan fingerprint density at radius 2 is 1.50 bits per heavy atom. The van der Waals surface area contributed by atoms with Gasteiger partial charge in [-0.1, -0.05) is 63.2 Å². The average Bonchev–Trinajstić information content (AvgIpc) is 3.20. The van der Waals surface area contributed by atoms with Gasteiger partial charge in [0.05, 0.1) is 23.6 Å². The largest absolute Gasteiger partial charge is 0.359 e. The third-order valence-electron chi connectivity index (χ3n) is 6.48. The number of anilines is 1. The third kappa shape index (κ3) is 2.51. The van der Waals surface area contributed by atoms with Crippen molar-refractivity contribution in [3.05, 3.63) is 71.9 Å². The molecule has 5 nitrogen and oxygen atoms in total. The van der Waals surface area contributed by atoms with E-state index in [4.69, 9.17) is 0 Å². The predicted octanol–water partition coefficient (Wildman–Crippen LogP) is 3.82. The molecule has 3 aliphatic rings. The highest BCUT2D eigenvalue weighted by molar-refractivity contribution is 6.24. The van der Waals surface area contributed by atoms with Crippen molar-refractivity contribution < 1.29 is 14.4 Å². The van der Waals surface area contributed by atoms with E-state index in [1.165, 1.54) is 4.90 Å². The minimum Gasteiger partial charge on any atom is -0.359 e. The molecule has 0 aliphatic carbocycles. The summed E-state index contributed by atoms with van der Waals surface area (Å²) in [6.07, 6.45) is 3.87. The van der Waals surface area contributed by atoms with Crippen molar-refractivity contribution in [2.75, 3.05) is 4.90 Å². The molecule has 0 saturated carbocycles. The summed E-state index contributed by atoms with van der Waals surface area (Å²) in [5.41, 5.74) is 1.96. The van der Waals surface area contributed by atoms with Crippen LogP contribution in [0.2, 0.25) is 0 Å². The van der Waals surface area contributed by atoms with E-state index in [9.17, 15) is 14.4 Å². The Balaban J connectivity index is 1.68. The topological polar surface area (TPSA) is 57.7 Å². The van der Waals surface area contributed by atoms with E-state index in [0.29, 0.717) is 5.69 Å². The summed E-state index contributed by atoms with van der Waals surface area (Å²) in [6.45, 7) is 5.61. The van der Waals surface area contributed by atoms with Gasteiger partial charge in [0.15, 0.2) is 5.78 Å². The number of carbonyl (C=O) groups is 3. The summed E-state index contributed by atoms with van der Waals surface area (Å²) in [4.78, 5) is 44.0. The molecule has 5 heteroatoms. The van der Waals surface area contributed by atoms with E-state index in [2.05, 4.69) is 0 Å². The second-order valence-corrected chi connectivity index (χ2v) is 9.29. The molecule has 152 valence electrons. The number of rotatable bonds is 2. The molecular formula is C25H24N2O3. The van der Waals surface area contributed by atoms with Crippen LogP contribution in [0.1, 0.15) is 37.9 Å². The van der Waals surface area contributed by atoms with Crippen LogP contribution in [0.25, 0.3) is 6.08 Å². The molecule has 2 aromatic carbocycles. The van der Waals surface area contributed by atoms with Crippen LogP contribution in [0, 0.1) is 17.3 Å². The molecule has 2 fully saturated rings. The van der Waals surface area contributed by atoms with Gasteiger partial charge in [0, 0.05) is 11.6 Å². The zero-order valence-corrected chi connectivity index (χ0v) is 17.3. The van der Waals surface area contributed by atoms with Crippen molar-refractivity contribution in [2.24, 2.45) is 17.3 Å². The number of carbonyl (C=O) groups excluding carboxylic acids is 3. The Kier molecular flexibility index (Phi) is 4.01. The molecule has 3 heterocycles. The fraction of sp³-hybridized carbons (Fsp3) is 0.320. The molecule has 3 aliphatic heterocycles. The first kappa shape index (κ1) is 18.8. The highest BCUT2D eigenvalue weighted by atomic mass is 16.2. The van der Waals surface area contributed by atoms with Crippen LogP contribution in [0.5, 0.6) is 0 Å².